The van der Waals surface area contributed by atoms with Gasteiger partial charge in [0.05, 0.1) is 29.7 Å². The van der Waals surface area contributed by atoms with E-state index < -0.39 is 23.8 Å². The maximum Gasteiger partial charge on any atom is 0.342 e. The second kappa shape index (κ2) is 7.16. The third kappa shape index (κ3) is 3.40. The van der Waals surface area contributed by atoms with E-state index in [-0.39, 0.29) is 17.9 Å². The molecule has 0 bridgehead atoms. The van der Waals surface area contributed by atoms with Crippen LogP contribution in [0, 0.1) is 13.8 Å². The molecule has 0 aliphatic rings. The number of aromatic amines is 1. The zero-order valence-electron chi connectivity index (χ0n) is 14.0. The van der Waals surface area contributed by atoms with E-state index in [0.29, 0.717) is 16.8 Å². The Hall–Kier alpha value is -2.83. The standard InChI is InChI=1S/C17H19NO6/c1-5-23-17(21)13-9(2)14(18-10(13)3)15(19)11(4)24-16(20)12-6-7-22-8-12/h6-8,11,18H,5H2,1-4H3/t11-/m1/s1. The summed E-state index contributed by atoms with van der Waals surface area (Å²) in [5.74, 6) is -1.58. The Labute approximate surface area is 138 Å². The van der Waals surface area contributed by atoms with Crippen molar-refractivity contribution in [1.82, 2.24) is 4.98 Å². The van der Waals surface area contributed by atoms with Gasteiger partial charge in [-0.15, -0.1) is 0 Å². The molecule has 2 heterocycles. The van der Waals surface area contributed by atoms with Gasteiger partial charge in [-0.3, -0.25) is 4.79 Å². The van der Waals surface area contributed by atoms with Crippen molar-refractivity contribution in [3.63, 3.8) is 0 Å². The molecule has 2 aromatic rings. The number of aromatic nitrogens is 1. The van der Waals surface area contributed by atoms with Gasteiger partial charge in [0.2, 0.25) is 5.78 Å². The van der Waals surface area contributed by atoms with Gasteiger partial charge in [0.1, 0.15) is 6.26 Å². The van der Waals surface area contributed by atoms with E-state index in [1.807, 2.05) is 0 Å². The van der Waals surface area contributed by atoms with Crippen LogP contribution in [0.4, 0.5) is 0 Å². The summed E-state index contributed by atoms with van der Waals surface area (Å²) in [6, 6.07) is 1.45. The fourth-order valence-corrected chi connectivity index (χ4v) is 2.37. The summed E-state index contributed by atoms with van der Waals surface area (Å²) >= 11 is 0. The number of rotatable bonds is 6. The molecule has 0 saturated heterocycles. The molecule has 2 aromatic heterocycles. The molecular weight excluding hydrogens is 314 g/mol. The second-order valence-electron chi connectivity index (χ2n) is 5.27. The number of H-pyrrole nitrogens is 1. The number of aryl methyl sites for hydroxylation is 1. The summed E-state index contributed by atoms with van der Waals surface area (Å²) in [6.07, 6.45) is 1.56. The highest BCUT2D eigenvalue weighted by Crippen LogP contribution is 2.21. The molecule has 7 heteroatoms. The van der Waals surface area contributed by atoms with Gasteiger partial charge in [-0.25, -0.2) is 9.59 Å². The molecule has 0 fully saturated rings. The summed E-state index contributed by atoms with van der Waals surface area (Å²) in [4.78, 5) is 39.3. The summed E-state index contributed by atoms with van der Waals surface area (Å²) in [6.45, 7) is 6.75. The van der Waals surface area contributed by atoms with Crippen molar-refractivity contribution >= 4 is 17.7 Å². The van der Waals surface area contributed by atoms with Crippen molar-refractivity contribution in [3.05, 3.63) is 46.7 Å². The van der Waals surface area contributed by atoms with Crippen molar-refractivity contribution in [2.75, 3.05) is 6.61 Å². The summed E-state index contributed by atoms with van der Waals surface area (Å²) < 4.78 is 14.9. The van der Waals surface area contributed by atoms with Crippen molar-refractivity contribution in [3.8, 4) is 0 Å². The minimum atomic E-state index is -1.01. The van der Waals surface area contributed by atoms with Gasteiger partial charge in [-0.1, -0.05) is 0 Å². The maximum atomic E-state index is 12.5. The lowest BCUT2D eigenvalue weighted by atomic mass is 10.1. The molecule has 2 rings (SSSR count). The Morgan fingerprint density at radius 3 is 2.54 bits per heavy atom. The van der Waals surface area contributed by atoms with Crippen molar-refractivity contribution in [2.45, 2.75) is 33.8 Å². The van der Waals surface area contributed by atoms with Crippen LogP contribution in [0.5, 0.6) is 0 Å². The first-order chi connectivity index (χ1) is 11.4. The molecule has 0 aliphatic heterocycles. The van der Waals surface area contributed by atoms with Crippen LogP contribution >= 0.6 is 0 Å². The number of carbonyl (C=O) groups excluding carboxylic acids is 3. The van der Waals surface area contributed by atoms with Crippen LogP contribution in [0.25, 0.3) is 0 Å². The van der Waals surface area contributed by atoms with Crippen molar-refractivity contribution < 1.29 is 28.3 Å². The molecule has 128 valence electrons. The zero-order chi connectivity index (χ0) is 17.9. The van der Waals surface area contributed by atoms with Gasteiger partial charge in [0.25, 0.3) is 0 Å². The lowest BCUT2D eigenvalue weighted by Crippen LogP contribution is -2.25. The topological polar surface area (TPSA) is 98.6 Å². The van der Waals surface area contributed by atoms with Crippen LogP contribution in [0.1, 0.15) is 56.3 Å². The number of ketones is 1. The number of furan rings is 1. The molecule has 0 amide bonds. The van der Waals surface area contributed by atoms with Crippen LogP contribution in [0.15, 0.2) is 23.0 Å². The SMILES string of the molecule is CCOC(=O)c1c(C)[nH]c(C(=O)[C@@H](C)OC(=O)c2ccoc2)c1C. The number of ether oxygens (including phenoxy) is 2. The third-order valence-corrected chi connectivity index (χ3v) is 3.57. The summed E-state index contributed by atoms with van der Waals surface area (Å²) in [7, 11) is 0. The number of nitrogens with one attached hydrogen (secondary N) is 1. The van der Waals surface area contributed by atoms with E-state index in [1.54, 1.807) is 20.8 Å². The van der Waals surface area contributed by atoms with E-state index >= 15 is 0 Å². The monoisotopic (exact) mass is 333 g/mol. The molecular formula is C17H19NO6. The molecule has 24 heavy (non-hydrogen) atoms. The van der Waals surface area contributed by atoms with Crippen LogP contribution in [-0.2, 0) is 9.47 Å². The fraction of sp³-hybridized carbons (Fsp3) is 0.353. The summed E-state index contributed by atoms with van der Waals surface area (Å²) in [5, 5.41) is 0. The van der Waals surface area contributed by atoms with Crippen molar-refractivity contribution in [2.24, 2.45) is 0 Å². The Morgan fingerprint density at radius 1 is 1.25 bits per heavy atom. The van der Waals surface area contributed by atoms with Crippen LogP contribution < -0.4 is 0 Å². The highest BCUT2D eigenvalue weighted by atomic mass is 16.5. The second-order valence-corrected chi connectivity index (χ2v) is 5.27. The number of carbonyl (C=O) groups is 3. The molecule has 1 atom stereocenters. The van der Waals surface area contributed by atoms with Gasteiger partial charge in [-0.05, 0) is 39.3 Å². The summed E-state index contributed by atoms with van der Waals surface area (Å²) in [5.41, 5.74) is 1.78. The molecule has 0 aliphatic carbocycles. The number of hydrogen-bond acceptors (Lipinski definition) is 6. The molecule has 0 radical (unpaired) electrons. The fourth-order valence-electron chi connectivity index (χ4n) is 2.37. The predicted molar refractivity (Wildman–Crippen MR) is 84.1 cm³/mol. The van der Waals surface area contributed by atoms with E-state index in [1.165, 1.54) is 25.5 Å². The highest BCUT2D eigenvalue weighted by Gasteiger charge is 2.27. The Kier molecular flexibility index (Phi) is 5.23. The van der Waals surface area contributed by atoms with Crippen molar-refractivity contribution in [1.29, 1.82) is 0 Å². The average Bonchev–Trinajstić information content (AvgIpc) is 3.15. The van der Waals surface area contributed by atoms with Crippen LogP contribution in [0.2, 0.25) is 0 Å². The molecule has 0 spiro atoms. The minimum absolute atomic E-state index is 0.223. The van der Waals surface area contributed by atoms with Crippen LogP contribution in [0.3, 0.4) is 0 Å². The predicted octanol–water partition coefficient (Wildman–Crippen LogP) is 2.83. The molecule has 0 aromatic carbocycles. The van der Waals surface area contributed by atoms with Gasteiger partial charge in [0, 0.05) is 5.69 Å². The lowest BCUT2D eigenvalue weighted by molar-refractivity contribution is 0.0316. The number of hydrogen-bond donors (Lipinski definition) is 1. The quantitative estimate of drug-likeness (QED) is 0.644. The van der Waals surface area contributed by atoms with E-state index in [4.69, 9.17) is 13.9 Å². The van der Waals surface area contributed by atoms with Gasteiger partial charge >= 0.3 is 11.9 Å². The molecule has 0 unspecified atom stereocenters. The molecule has 7 nitrogen and oxygen atoms in total. The van der Waals surface area contributed by atoms with Gasteiger partial charge < -0.3 is 18.9 Å². The van der Waals surface area contributed by atoms with E-state index in [0.717, 1.165) is 0 Å². The first-order valence-electron chi connectivity index (χ1n) is 7.50. The first kappa shape index (κ1) is 17.5. The van der Waals surface area contributed by atoms with E-state index in [9.17, 15) is 14.4 Å². The Bertz CT molecular complexity index is 756. The van der Waals surface area contributed by atoms with Crippen LogP contribution in [-0.4, -0.2) is 35.4 Å². The number of esters is 2. The largest absolute Gasteiger partial charge is 0.472 e. The molecule has 1 N–H and O–H groups in total. The first-order valence-corrected chi connectivity index (χ1v) is 7.50. The third-order valence-electron chi connectivity index (χ3n) is 3.57. The average molecular weight is 333 g/mol. The smallest absolute Gasteiger partial charge is 0.342 e. The zero-order valence-corrected chi connectivity index (χ0v) is 14.0. The van der Waals surface area contributed by atoms with E-state index in [2.05, 4.69) is 4.98 Å². The molecule has 0 saturated carbocycles. The maximum absolute atomic E-state index is 12.5. The number of Topliss-reactive ketones (excluding diaryl/α,β-unsaturated/α-hetero) is 1. The highest BCUT2D eigenvalue weighted by molar-refractivity contribution is 6.04. The van der Waals surface area contributed by atoms with Gasteiger partial charge in [0.15, 0.2) is 6.10 Å². The minimum Gasteiger partial charge on any atom is -0.472 e. The Balaban J connectivity index is 2.19. The normalized spacial score (nSPS) is 11.8. The Morgan fingerprint density at radius 2 is 1.96 bits per heavy atom. The lowest BCUT2D eigenvalue weighted by Gasteiger charge is -2.11. The van der Waals surface area contributed by atoms with Gasteiger partial charge in [-0.2, -0.15) is 0 Å².